The highest BCUT2D eigenvalue weighted by Crippen LogP contribution is 2.36. The molecule has 8 heterocycles. The van der Waals surface area contributed by atoms with E-state index in [0.717, 1.165) is 83.8 Å². The van der Waals surface area contributed by atoms with Crippen LogP contribution in [-0.2, 0) is 21.1 Å². The van der Waals surface area contributed by atoms with Gasteiger partial charge in [-0.2, -0.15) is 0 Å². The summed E-state index contributed by atoms with van der Waals surface area (Å²) in [5.74, 6) is 0. The van der Waals surface area contributed by atoms with Crippen LogP contribution in [0.2, 0.25) is 0 Å². The summed E-state index contributed by atoms with van der Waals surface area (Å²) in [6.07, 6.45) is 20.9. The Balaban J connectivity index is 1.54. The van der Waals surface area contributed by atoms with Crippen LogP contribution in [0.5, 0.6) is 0 Å². The number of aryl methyl sites for hydroxylation is 4. The zero-order valence-electron chi connectivity index (χ0n) is 26.3. The fraction of sp³-hybridized carbons (Fsp3) is 0.103. The molecule has 0 aromatic carbocycles. The summed E-state index contributed by atoms with van der Waals surface area (Å²) in [6, 6.07) is 21.5. The monoisotopic (exact) mass is 600 g/mol. The zero-order chi connectivity index (χ0) is 31.4. The first kappa shape index (κ1) is 27.6. The molecule has 46 heavy (non-hydrogen) atoms. The SMILES string of the molecule is Cc1c2nc(c(-c3cc[n+](C)cc3)c3ccc([nH]3)c(-c3cc[n+](C)cc3)c3nc(c(-c4cc[n+](C)cc4)c4ccc1[nH]4)C=C3)C=C2. The van der Waals surface area contributed by atoms with Crippen molar-refractivity contribution in [2.75, 3.05) is 0 Å². The van der Waals surface area contributed by atoms with E-state index in [9.17, 15) is 0 Å². The van der Waals surface area contributed by atoms with Crippen molar-refractivity contribution in [3.8, 4) is 33.4 Å². The van der Waals surface area contributed by atoms with Crippen LogP contribution in [0.1, 0.15) is 28.3 Å². The second-order valence-electron chi connectivity index (χ2n) is 12.0. The van der Waals surface area contributed by atoms with Crippen molar-refractivity contribution in [2.45, 2.75) is 6.92 Å². The van der Waals surface area contributed by atoms with Crippen molar-refractivity contribution < 1.29 is 13.7 Å². The largest absolute Gasteiger partial charge is 0.355 e. The second-order valence-corrected chi connectivity index (χ2v) is 12.0. The Morgan fingerprint density at radius 3 is 1.11 bits per heavy atom. The van der Waals surface area contributed by atoms with E-state index in [2.05, 4.69) is 139 Å². The number of nitrogens with one attached hydrogen (secondary N) is 2. The van der Waals surface area contributed by atoms with Crippen molar-refractivity contribution in [1.29, 1.82) is 0 Å². The maximum atomic E-state index is 5.33. The van der Waals surface area contributed by atoms with Gasteiger partial charge in [0, 0.05) is 75.2 Å². The molecule has 0 saturated heterocycles. The molecule has 8 bridgehead atoms. The molecular weight excluding hydrogens is 566 g/mol. The number of nitrogens with zero attached hydrogens (tertiary/aromatic N) is 5. The average Bonchev–Trinajstić information content (AvgIpc) is 3.89. The number of hydrogen-bond acceptors (Lipinski definition) is 2. The van der Waals surface area contributed by atoms with Crippen molar-refractivity contribution in [2.24, 2.45) is 21.1 Å². The Morgan fingerprint density at radius 1 is 0.413 bits per heavy atom. The molecule has 0 amide bonds. The number of H-pyrrole nitrogens is 2. The van der Waals surface area contributed by atoms with Gasteiger partial charge in [-0.05, 0) is 77.7 Å². The van der Waals surface area contributed by atoms with E-state index in [1.54, 1.807) is 0 Å². The van der Waals surface area contributed by atoms with E-state index in [0.29, 0.717) is 0 Å². The van der Waals surface area contributed by atoms with Crippen LogP contribution in [0.4, 0.5) is 0 Å². The van der Waals surface area contributed by atoms with E-state index in [1.807, 2.05) is 34.8 Å². The Kier molecular flexibility index (Phi) is 6.53. The first-order valence-electron chi connectivity index (χ1n) is 15.4. The molecule has 0 saturated carbocycles. The summed E-state index contributed by atoms with van der Waals surface area (Å²) < 4.78 is 6.14. The summed E-state index contributed by atoms with van der Waals surface area (Å²) in [6.45, 7) is 2.13. The molecule has 7 nitrogen and oxygen atoms in total. The Bertz CT molecular complexity index is 2330. The van der Waals surface area contributed by atoms with Gasteiger partial charge in [0.05, 0.1) is 22.8 Å². The number of pyridine rings is 3. The molecule has 2 N–H and O–H groups in total. The molecule has 7 heteroatoms. The van der Waals surface area contributed by atoms with Crippen LogP contribution in [0.15, 0.2) is 97.8 Å². The minimum Gasteiger partial charge on any atom is -0.355 e. The second kappa shape index (κ2) is 10.9. The molecule has 0 spiro atoms. The van der Waals surface area contributed by atoms with E-state index < -0.39 is 0 Å². The molecule has 0 aliphatic carbocycles. The smallest absolute Gasteiger partial charge is 0.169 e. The van der Waals surface area contributed by atoms with Gasteiger partial charge in [0.15, 0.2) is 37.2 Å². The van der Waals surface area contributed by atoms with E-state index in [1.165, 1.54) is 0 Å². The van der Waals surface area contributed by atoms with E-state index in [4.69, 9.17) is 9.97 Å². The third-order valence-corrected chi connectivity index (χ3v) is 8.82. The van der Waals surface area contributed by atoms with Gasteiger partial charge >= 0.3 is 0 Å². The summed E-state index contributed by atoms with van der Waals surface area (Å²) in [7, 11) is 6.10. The predicted molar refractivity (Wildman–Crippen MR) is 183 cm³/mol. The van der Waals surface area contributed by atoms with Gasteiger partial charge in [-0.25, -0.2) is 23.7 Å². The number of aromatic nitrogens is 7. The lowest BCUT2D eigenvalue weighted by Gasteiger charge is -2.05. The molecule has 8 rings (SSSR count). The summed E-state index contributed by atoms with van der Waals surface area (Å²) in [4.78, 5) is 18.0. The topological polar surface area (TPSA) is 69.0 Å². The molecule has 0 fully saturated rings. The molecule has 6 aromatic rings. The van der Waals surface area contributed by atoms with Crippen molar-refractivity contribution in [3.05, 3.63) is 126 Å². The number of hydrogen-bond donors (Lipinski definition) is 2. The first-order valence-corrected chi connectivity index (χ1v) is 15.4. The maximum Gasteiger partial charge on any atom is 0.169 e. The Labute approximate surface area is 267 Å². The van der Waals surface area contributed by atoms with Crippen LogP contribution in [0, 0.1) is 6.92 Å². The van der Waals surface area contributed by atoms with Crippen LogP contribution in [-0.4, -0.2) is 19.9 Å². The van der Waals surface area contributed by atoms with Gasteiger partial charge < -0.3 is 9.97 Å². The molecule has 0 atom stereocenters. The van der Waals surface area contributed by atoms with E-state index >= 15 is 0 Å². The lowest BCUT2D eigenvalue weighted by atomic mass is 10.0. The standard InChI is InChI=1S/C39H33N7/c1-25-29-5-7-31(40-29)37(26-13-19-44(2)20-14-26)33-9-11-35(42-33)39(28-17-23-46(4)24-18-28)36-12-10-34(43-36)38(32-8-6-30(25)41-32)27-15-21-45(3)22-16-27/h5-24H,1-4H3,(H,40,41,42,43)/q+2/p+1. The minimum atomic E-state index is 0.903. The summed E-state index contributed by atoms with van der Waals surface area (Å²) in [5.41, 5.74) is 15.2. The minimum absolute atomic E-state index is 0.903. The number of fused-ring (bicyclic) bond motifs is 8. The van der Waals surface area contributed by atoms with Crippen LogP contribution < -0.4 is 13.7 Å². The molecule has 0 unspecified atom stereocenters. The summed E-state index contributed by atoms with van der Waals surface area (Å²) >= 11 is 0. The Morgan fingerprint density at radius 2 is 0.717 bits per heavy atom. The predicted octanol–water partition coefficient (Wildman–Crippen LogP) is 6.44. The fourth-order valence-corrected chi connectivity index (χ4v) is 6.26. The van der Waals surface area contributed by atoms with Crippen molar-refractivity contribution >= 4 is 46.4 Å². The lowest BCUT2D eigenvalue weighted by Crippen LogP contribution is -2.25. The molecule has 2 aliphatic rings. The summed E-state index contributed by atoms with van der Waals surface area (Å²) in [5, 5.41) is 0. The van der Waals surface area contributed by atoms with Crippen molar-refractivity contribution in [3.63, 3.8) is 0 Å². The van der Waals surface area contributed by atoms with Gasteiger partial charge in [0.2, 0.25) is 0 Å². The lowest BCUT2D eigenvalue weighted by molar-refractivity contribution is -0.671. The van der Waals surface area contributed by atoms with Gasteiger partial charge in [-0.3, -0.25) is 0 Å². The normalized spacial score (nSPS) is 12.2. The van der Waals surface area contributed by atoms with Crippen LogP contribution in [0.3, 0.4) is 0 Å². The zero-order valence-corrected chi connectivity index (χ0v) is 26.3. The fourth-order valence-electron chi connectivity index (χ4n) is 6.26. The highest BCUT2D eigenvalue weighted by molar-refractivity contribution is 5.97. The molecule has 222 valence electrons. The molecule has 0 radical (unpaired) electrons. The number of rotatable bonds is 3. The Hall–Kier alpha value is -5.95. The molecule has 2 aliphatic heterocycles. The maximum absolute atomic E-state index is 5.33. The van der Waals surface area contributed by atoms with Crippen LogP contribution in [0.25, 0.3) is 79.8 Å². The number of aromatic amines is 2. The first-order chi connectivity index (χ1) is 22.4. The van der Waals surface area contributed by atoms with Crippen LogP contribution >= 0.6 is 0 Å². The molecule has 6 aromatic heterocycles. The average molecular weight is 601 g/mol. The quantitative estimate of drug-likeness (QED) is 0.229. The third kappa shape index (κ3) is 4.82. The highest BCUT2D eigenvalue weighted by atomic mass is 14.9. The molecular formula is C39H34N7+3. The van der Waals surface area contributed by atoms with Crippen molar-refractivity contribution in [1.82, 2.24) is 19.9 Å². The van der Waals surface area contributed by atoms with Gasteiger partial charge in [-0.15, -0.1) is 0 Å². The van der Waals surface area contributed by atoms with Gasteiger partial charge in [-0.1, -0.05) is 0 Å². The highest BCUT2D eigenvalue weighted by Gasteiger charge is 2.18. The van der Waals surface area contributed by atoms with Gasteiger partial charge in [0.25, 0.3) is 0 Å². The van der Waals surface area contributed by atoms with Gasteiger partial charge in [0.1, 0.15) is 21.1 Å². The van der Waals surface area contributed by atoms with E-state index in [-0.39, 0.29) is 0 Å². The third-order valence-electron chi connectivity index (χ3n) is 8.82.